The van der Waals surface area contributed by atoms with E-state index in [0.29, 0.717) is 12.0 Å². The van der Waals surface area contributed by atoms with E-state index in [1.165, 1.54) is 12.1 Å². The van der Waals surface area contributed by atoms with Gasteiger partial charge < -0.3 is 5.32 Å². The molecule has 0 fully saturated rings. The maximum atomic E-state index is 13.3. The summed E-state index contributed by atoms with van der Waals surface area (Å²) in [5.74, 6) is -1.57. The molecule has 1 aromatic heterocycles. The van der Waals surface area contributed by atoms with E-state index in [-0.39, 0.29) is 17.1 Å². The summed E-state index contributed by atoms with van der Waals surface area (Å²) in [5.41, 5.74) is 0.427. The minimum absolute atomic E-state index is 0.00118. The molecule has 1 aromatic carbocycles. The summed E-state index contributed by atoms with van der Waals surface area (Å²) in [4.78, 5) is 3.38. The number of pyridine rings is 1. The fraction of sp³-hybridized carbons (Fsp3) is 0.154. The van der Waals surface area contributed by atoms with Gasteiger partial charge in [-0.15, -0.1) is 0 Å². The number of nitrogens with zero attached hydrogens (tertiary/aromatic N) is 1. The van der Waals surface area contributed by atoms with E-state index in [2.05, 4.69) is 10.3 Å². The Labute approximate surface area is 120 Å². The topological polar surface area (TPSA) is 85.1 Å². The molecule has 0 aliphatic carbocycles. The zero-order valence-electron chi connectivity index (χ0n) is 10.9. The molecule has 0 radical (unpaired) electrons. The van der Waals surface area contributed by atoms with Gasteiger partial charge in [0, 0.05) is 6.54 Å². The molecule has 0 bridgehead atoms. The second kappa shape index (κ2) is 6.15. The Kier molecular flexibility index (Phi) is 4.49. The third kappa shape index (κ3) is 3.96. The largest absolute Gasteiger partial charge is 0.380 e. The minimum atomic E-state index is -3.76. The first kappa shape index (κ1) is 15.3. The average Bonchev–Trinajstić information content (AvgIpc) is 2.41. The van der Waals surface area contributed by atoms with Crippen LogP contribution >= 0.6 is 0 Å². The van der Waals surface area contributed by atoms with Crippen molar-refractivity contribution in [3.63, 3.8) is 0 Å². The number of hydrogen-bond acceptors (Lipinski definition) is 4. The van der Waals surface area contributed by atoms with Crippen LogP contribution in [0.4, 0.5) is 14.5 Å². The van der Waals surface area contributed by atoms with E-state index in [1.807, 2.05) is 0 Å². The summed E-state index contributed by atoms with van der Waals surface area (Å²) < 4.78 is 49.1. The zero-order chi connectivity index (χ0) is 15.5. The molecule has 0 aliphatic rings. The van der Waals surface area contributed by atoms with Crippen molar-refractivity contribution in [3.8, 4) is 0 Å². The number of hydrogen-bond donors (Lipinski definition) is 2. The predicted molar refractivity (Wildman–Crippen MR) is 74.2 cm³/mol. The SMILES string of the molecule is NS(=O)(=O)c1cccc(CCNc2c(F)cncc2F)c1. The standard InChI is InChI=1S/C13H13F2N3O2S/c14-11-7-17-8-12(15)13(11)18-5-4-9-2-1-3-10(6-9)21(16,19)20/h1-3,6-8H,4-5H2,(H,17,18)(H2,16,19,20). The van der Waals surface area contributed by atoms with E-state index >= 15 is 0 Å². The molecule has 112 valence electrons. The molecule has 0 amide bonds. The molecule has 0 saturated heterocycles. The van der Waals surface area contributed by atoms with Crippen molar-refractivity contribution in [2.75, 3.05) is 11.9 Å². The van der Waals surface area contributed by atoms with Gasteiger partial charge in [0.2, 0.25) is 10.0 Å². The van der Waals surface area contributed by atoms with Crippen LogP contribution < -0.4 is 10.5 Å². The smallest absolute Gasteiger partial charge is 0.238 e. The summed E-state index contributed by atoms with van der Waals surface area (Å²) in [6.45, 7) is 0.228. The maximum Gasteiger partial charge on any atom is 0.238 e. The lowest BCUT2D eigenvalue weighted by Gasteiger charge is -2.08. The first-order chi connectivity index (χ1) is 9.88. The number of aromatic nitrogens is 1. The van der Waals surface area contributed by atoms with Crippen LogP contribution in [0.15, 0.2) is 41.6 Å². The number of benzene rings is 1. The Bertz CT molecular complexity index is 731. The van der Waals surface area contributed by atoms with Crippen LogP contribution in [-0.2, 0) is 16.4 Å². The summed E-state index contributed by atoms with van der Waals surface area (Å²) in [6, 6.07) is 6.07. The zero-order valence-corrected chi connectivity index (χ0v) is 11.7. The number of anilines is 1. The molecular formula is C13H13F2N3O2S. The van der Waals surface area contributed by atoms with Crippen LogP contribution in [0, 0.1) is 11.6 Å². The molecule has 0 unspecified atom stereocenters. The van der Waals surface area contributed by atoms with Gasteiger partial charge in [0.15, 0.2) is 11.6 Å². The summed E-state index contributed by atoms with van der Waals surface area (Å²) in [5, 5.41) is 7.65. The van der Waals surface area contributed by atoms with Gasteiger partial charge in [-0.3, -0.25) is 4.98 Å². The van der Waals surface area contributed by atoms with Crippen LogP contribution in [-0.4, -0.2) is 19.9 Å². The minimum Gasteiger partial charge on any atom is -0.380 e. The van der Waals surface area contributed by atoms with Crippen LogP contribution in [0.5, 0.6) is 0 Å². The molecule has 3 N–H and O–H groups in total. The summed E-state index contributed by atoms with van der Waals surface area (Å²) in [6.07, 6.45) is 2.20. The molecule has 2 rings (SSSR count). The lowest BCUT2D eigenvalue weighted by molar-refractivity contribution is 0.578. The lowest BCUT2D eigenvalue weighted by Crippen LogP contribution is -2.13. The van der Waals surface area contributed by atoms with Crippen molar-refractivity contribution in [1.29, 1.82) is 0 Å². The van der Waals surface area contributed by atoms with Gasteiger partial charge in [-0.2, -0.15) is 0 Å². The number of halogens is 2. The number of primary sulfonamides is 1. The monoisotopic (exact) mass is 313 g/mol. The second-order valence-corrected chi connectivity index (χ2v) is 5.91. The third-order valence-corrected chi connectivity index (χ3v) is 3.71. The number of rotatable bonds is 5. The van der Waals surface area contributed by atoms with Crippen molar-refractivity contribution in [2.24, 2.45) is 5.14 Å². The molecule has 2 aromatic rings. The Morgan fingerprint density at radius 1 is 1.19 bits per heavy atom. The molecule has 1 heterocycles. The first-order valence-corrected chi connectivity index (χ1v) is 7.57. The normalized spacial score (nSPS) is 11.4. The maximum absolute atomic E-state index is 13.3. The van der Waals surface area contributed by atoms with Gasteiger partial charge in [0.25, 0.3) is 0 Å². The van der Waals surface area contributed by atoms with E-state index in [1.54, 1.807) is 12.1 Å². The molecule has 0 saturated carbocycles. The fourth-order valence-electron chi connectivity index (χ4n) is 1.79. The number of sulfonamides is 1. The second-order valence-electron chi connectivity index (χ2n) is 4.35. The highest BCUT2D eigenvalue weighted by molar-refractivity contribution is 7.89. The van der Waals surface area contributed by atoms with Crippen LogP contribution in [0.1, 0.15) is 5.56 Å². The van der Waals surface area contributed by atoms with E-state index in [0.717, 1.165) is 12.4 Å². The van der Waals surface area contributed by atoms with Crippen molar-refractivity contribution in [2.45, 2.75) is 11.3 Å². The Morgan fingerprint density at radius 3 is 2.48 bits per heavy atom. The van der Waals surface area contributed by atoms with Crippen molar-refractivity contribution >= 4 is 15.7 Å². The molecule has 0 aliphatic heterocycles. The fourth-order valence-corrected chi connectivity index (χ4v) is 2.37. The first-order valence-electron chi connectivity index (χ1n) is 6.02. The lowest BCUT2D eigenvalue weighted by atomic mass is 10.1. The molecule has 0 atom stereocenters. The third-order valence-electron chi connectivity index (χ3n) is 2.80. The van der Waals surface area contributed by atoms with Gasteiger partial charge in [0.05, 0.1) is 17.3 Å². The van der Waals surface area contributed by atoms with E-state index < -0.39 is 21.7 Å². The molecule has 0 spiro atoms. The molecule has 5 nitrogen and oxygen atoms in total. The van der Waals surface area contributed by atoms with Crippen molar-refractivity contribution in [3.05, 3.63) is 53.9 Å². The quantitative estimate of drug-likeness (QED) is 0.879. The average molecular weight is 313 g/mol. The Hall–Kier alpha value is -2.06. The van der Waals surface area contributed by atoms with Gasteiger partial charge in [0.1, 0.15) is 5.69 Å². The highest BCUT2D eigenvalue weighted by atomic mass is 32.2. The van der Waals surface area contributed by atoms with Crippen LogP contribution in [0.3, 0.4) is 0 Å². The number of nitrogens with one attached hydrogen (secondary N) is 1. The van der Waals surface area contributed by atoms with E-state index in [9.17, 15) is 17.2 Å². The molecular weight excluding hydrogens is 300 g/mol. The Morgan fingerprint density at radius 2 is 1.86 bits per heavy atom. The highest BCUT2D eigenvalue weighted by Crippen LogP contribution is 2.17. The predicted octanol–water partition coefficient (Wildman–Crippen LogP) is 1.66. The van der Waals surface area contributed by atoms with Gasteiger partial charge in [-0.25, -0.2) is 22.3 Å². The summed E-state index contributed by atoms with van der Waals surface area (Å²) >= 11 is 0. The number of nitrogens with two attached hydrogens (primary N) is 1. The van der Waals surface area contributed by atoms with E-state index in [4.69, 9.17) is 5.14 Å². The van der Waals surface area contributed by atoms with Gasteiger partial charge in [-0.05, 0) is 24.1 Å². The molecule has 8 heteroatoms. The van der Waals surface area contributed by atoms with Gasteiger partial charge >= 0.3 is 0 Å². The Balaban J connectivity index is 2.04. The van der Waals surface area contributed by atoms with Crippen molar-refractivity contribution < 1.29 is 17.2 Å². The highest BCUT2D eigenvalue weighted by Gasteiger charge is 2.10. The molecule has 21 heavy (non-hydrogen) atoms. The van der Waals surface area contributed by atoms with Crippen LogP contribution in [0.2, 0.25) is 0 Å². The summed E-state index contributed by atoms with van der Waals surface area (Å²) in [7, 11) is -3.76. The van der Waals surface area contributed by atoms with Gasteiger partial charge in [-0.1, -0.05) is 12.1 Å². The van der Waals surface area contributed by atoms with Crippen molar-refractivity contribution in [1.82, 2.24) is 4.98 Å². The van der Waals surface area contributed by atoms with Crippen LogP contribution in [0.25, 0.3) is 0 Å².